The molecule has 6 nitrogen and oxygen atoms in total. The van der Waals surface area contributed by atoms with Crippen LogP contribution in [0.1, 0.15) is 0 Å². The third kappa shape index (κ3) is 5.21. The normalized spacial score (nSPS) is 11.3. The zero-order valence-electron chi connectivity index (χ0n) is 7.88. The Balaban J connectivity index is 2.29. The number of nitrogens with one attached hydrogen (secondary N) is 1. The molecule has 0 amide bonds. The lowest BCUT2D eigenvalue weighted by molar-refractivity contribution is 0.278. The number of hydrogen-bond donors (Lipinski definition) is 3. The molecule has 0 fully saturated rings. The second kappa shape index (κ2) is 4.96. The van der Waals surface area contributed by atoms with E-state index in [1.807, 2.05) is 0 Å². The van der Waals surface area contributed by atoms with Crippen molar-refractivity contribution < 1.29 is 17.2 Å². The number of benzene rings is 1. The summed E-state index contributed by atoms with van der Waals surface area (Å²) < 4.78 is 32.7. The summed E-state index contributed by atoms with van der Waals surface area (Å²) in [5.41, 5.74) is 6.92. The molecule has 1 aromatic rings. The van der Waals surface area contributed by atoms with E-state index < -0.39 is 10.4 Å². The molecular formula is C8H12N2O4S. The van der Waals surface area contributed by atoms with Crippen LogP contribution in [-0.2, 0) is 14.6 Å². The van der Waals surface area contributed by atoms with E-state index in [1.54, 1.807) is 24.3 Å². The van der Waals surface area contributed by atoms with Gasteiger partial charge in [0.2, 0.25) is 0 Å². The van der Waals surface area contributed by atoms with E-state index in [0.29, 0.717) is 5.69 Å². The molecule has 0 aromatic heterocycles. The van der Waals surface area contributed by atoms with Gasteiger partial charge in [-0.15, -0.1) is 0 Å². The monoisotopic (exact) mass is 232 g/mol. The molecule has 1 rings (SSSR count). The van der Waals surface area contributed by atoms with E-state index in [1.165, 1.54) is 0 Å². The van der Waals surface area contributed by atoms with Gasteiger partial charge in [0.1, 0.15) is 0 Å². The lowest BCUT2D eigenvalue weighted by Crippen LogP contribution is -2.13. The van der Waals surface area contributed by atoms with Crippen molar-refractivity contribution in [3.63, 3.8) is 0 Å². The molecule has 0 aliphatic rings. The Bertz CT molecular complexity index is 401. The van der Waals surface area contributed by atoms with Crippen LogP contribution < -0.4 is 11.1 Å². The van der Waals surface area contributed by atoms with Gasteiger partial charge in [0, 0.05) is 17.9 Å². The summed E-state index contributed by atoms with van der Waals surface area (Å²) in [7, 11) is -4.35. The van der Waals surface area contributed by atoms with Crippen LogP contribution in [0.2, 0.25) is 0 Å². The molecule has 0 aliphatic carbocycles. The van der Waals surface area contributed by atoms with Crippen LogP contribution in [-0.4, -0.2) is 26.1 Å². The summed E-state index contributed by atoms with van der Waals surface area (Å²) >= 11 is 0. The molecule has 0 saturated carbocycles. The average molecular weight is 232 g/mol. The highest BCUT2D eigenvalue weighted by Gasteiger charge is 2.02. The maximum absolute atomic E-state index is 10.2. The lowest BCUT2D eigenvalue weighted by Gasteiger charge is -2.05. The Hall–Kier alpha value is -1.31. The van der Waals surface area contributed by atoms with Gasteiger partial charge in [-0.25, -0.2) is 4.18 Å². The first kappa shape index (κ1) is 11.8. The van der Waals surface area contributed by atoms with Gasteiger partial charge in [0.15, 0.2) is 0 Å². The standard InChI is InChI=1S/C8H12N2O4S/c9-7-1-3-8(4-2-7)10-5-6-14-15(11,12)13/h1-4,10H,5-6,9H2,(H,11,12,13). The van der Waals surface area contributed by atoms with Crippen LogP contribution >= 0.6 is 0 Å². The second-order valence-corrected chi connectivity index (χ2v) is 3.89. The smallest absolute Gasteiger partial charge is 0.397 e. The lowest BCUT2D eigenvalue weighted by atomic mass is 10.3. The minimum Gasteiger partial charge on any atom is -0.399 e. The third-order valence-electron chi connectivity index (χ3n) is 1.57. The minimum absolute atomic E-state index is 0.136. The van der Waals surface area contributed by atoms with Gasteiger partial charge in [-0.1, -0.05) is 0 Å². The molecule has 0 bridgehead atoms. The van der Waals surface area contributed by atoms with E-state index in [2.05, 4.69) is 9.50 Å². The summed E-state index contributed by atoms with van der Waals surface area (Å²) in [6, 6.07) is 6.93. The highest BCUT2D eigenvalue weighted by molar-refractivity contribution is 7.80. The molecule has 0 saturated heterocycles. The molecule has 1 aromatic carbocycles. The van der Waals surface area contributed by atoms with Crippen molar-refractivity contribution in [3.05, 3.63) is 24.3 Å². The van der Waals surface area contributed by atoms with Crippen molar-refractivity contribution in [2.45, 2.75) is 0 Å². The Morgan fingerprint density at radius 1 is 1.33 bits per heavy atom. The molecule has 4 N–H and O–H groups in total. The number of anilines is 2. The fourth-order valence-corrected chi connectivity index (χ4v) is 1.24. The first-order valence-electron chi connectivity index (χ1n) is 4.18. The van der Waals surface area contributed by atoms with Gasteiger partial charge in [0.25, 0.3) is 0 Å². The maximum atomic E-state index is 10.2. The first-order valence-corrected chi connectivity index (χ1v) is 5.55. The van der Waals surface area contributed by atoms with Gasteiger partial charge in [0.05, 0.1) is 6.61 Å². The molecule has 7 heteroatoms. The van der Waals surface area contributed by atoms with Crippen molar-refractivity contribution in [1.82, 2.24) is 0 Å². The molecule has 0 atom stereocenters. The Kier molecular flexibility index (Phi) is 3.89. The quantitative estimate of drug-likeness (QED) is 0.388. The highest BCUT2D eigenvalue weighted by atomic mass is 32.3. The van der Waals surface area contributed by atoms with E-state index in [4.69, 9.17) is 10.3 Å². The zero-order chi connectivity index (χ0) is 11.3. The van der Waals surface area contributed by atoms with E-state index >= 15 is 0 Å². The zero-order valence-corrected chi connectivity index (χ0v) is 8.70. The van der Waals surface area contributed by atoms with E-state index in [-0.39, 0.29) is 13.2 Å². The summed E-state index contributed by atoms with van der Waals surface area (Å²) in [6.45, 7) is 0.132. The number of rotatable bonds is 5. The molecule has 0 unspecified atom stereocenters. The topological polar surface area (TPSA) is 102 Å². The van der Waals surface area contributed by atoms with Gasteiger partial charge in [-0.05, 0) is 24.3 Å². The van der Waals surface area contributed by atoms with Crippen molar-refractivity contribution >= 4 is 21.8 Å². The highest BCUT2D eigenvalue weighted by Crippen LogP contribution is 2.09. The van der Waals surface area contributed by atoms with Gasteiger partial charge < -0.3 is 11.1 Å². The number of hydrogen-bond acceptors (Lipinski definition) is 5. The predicted molar refractivity (Wildman–Crippen MR) is 56.8 cm³/mol. The fourth-order valence-electron chi connectivity index (χ4n) is 0.943. The van der Waals surface area contributed by atoms with Gasteiger partial charge in [-0.3, -0.25) is 4.55 Å². The number of nitrogens with two attached hydrogens (primary N) is 1. The largest absolute Gasteiger partial charge is 0.399 e. The van der Waals surface area contributed by atoms with Gasteiger partial charge in [-0.2, -0.15) is 8.42 Å². The van der Waals surface area contributed by atoms with Crippen molar-refractivity contribution in [3.8, 4) is 0 Å². The summed E-state index contributed by atoms with van der Waals surface area (Å²) in [4.78, 5) is 0. The van der Waals surface area contributed by atoms with Gasteiger partial charge >= 0.3 is 10.4 Å². The van der Waals surface area contributed by atoms with Crippen molar-refractivity contribution in [1.29, 1.82) is 0 Å². The number of nitrogen functional groups attached to an aromatic ring is 1. The van der Waals surface area contributed by atoms with Crippen LogP contribution in [0.15, 0.2) is 24.3 Å². The van der Waals surface area contributed by atoms with Crippen LogP contribution in [0, 0.1) is 0 Å². The van der Waals surface area contributed by atoms with Crippen LogP contribution in [0.5, 0.6) is 0 Å². The fraction of sp³-hybridized carbons (Fsp3) is 0.250. The van der Waals surface area contributed by atoms with Crippen molar-refractivity contribution in [2.75, 3.05) is 24.2 Å². The third-order valence-corrected chi connectivity index (χ3v) is 2.04. The Labute approximate surface area is 88.0 Å². The maximum Gasteiger partial charge on any atom is 0.397 e. The van der Waals surface area contributed by atoms with Crippen molar-refractivity contribution in [2.24, 2.45) is 0 Å². The first-order chi connectivity index (χ1) is 6.97. The average Bonchev–Trinajstić information content (AvgIpc) is 2.14. The predicted octanol–water partition coefficient (Wildman–Crippen LogP) is 0.500. The van der Waals surface area contributed by atoms with E-state index in [0.717, 1.165) is 5.69 Å². The van der Waals surface area contributed by atoms with E-state index in [9.17, 15) is 8.42 Å². The molecule has 84 valence electrons. The molecular weight excluding hydrogens is 220 g/mol. The summed E-state index contributed by atoms with van der Waals surface area (Å²) in [5.74, 6) is 0. The SMILES string of the molecule is Nc1ccc(NCCOS(=O)(=O)O)cc1. The molecule has 0 heterocycles. The van der Waals surface area contributed by atoms with Crippen LogP contribution in [0.25, 0.3) is 0 Å². The molecule has 15 heavy (non-hydrogen) atoms. The second-order valence-electron chi connectivity index (χ2n) is 2.80. The molecule has 0 radical (unpaired) electrons. The summed E-state index contributed by atoms with van der Waals surface area (Å²) in [6.07, 6.45) is 0. The Morgan fingerprint density at radius 2 is 1.93 bits per heavy atom. The minimum atomic E-state index is -4.35. The van der Waals surface area contributed by atoms with Crippen LogP contribution in [0.4, 0.5) is 11.4 Å². The van der Waals surface area contributed by atoms with Crippen LogP contribution in [0.3, 0.4) is 0 Å². The Morgan fingerprint density at radius 3 is 2.47 bits per heavy atom. The molecule has 0 spiro atoms. The molecule has 0 aliphatic heterocycles. The summed E-state index contributed by atoms with van der Waals surface area (Å²) in [5, 5.41) is 2.89.